The maximum absolute atomic E-state index is 6.15. The molecule has 5 saturated carbocycles. The number of rotatable bonds is 4. The fourth-order valence-electron chi connectivity index (χ4n) is 9.49. The van der Waals surface area contributed by atoms with E-state index in [-0.39, 0.29) is 5.79 Å². The monoisotopic (exact) mass is 412 g/mol. The molecule has 0 bridgehead atoms. The smallest absolute Gasteiger partial charge is 0.168 e. The molecule has 30 heavy (non-hydrogen) atoms. The number of unbranched alkanes of at least 4 members (excludes halogenated alkanes) is 1. The van der Waals surface area contributed by atoms with Gasteiger partial charge in [0.1, 0.15) is 0 Å². The molecule has 5 aliphatic carbocycles. The van der Waals surface area contributed by atoms with Crippen LogP contribution in [0.4, 0.5) is 0 Å². The molecule has 7 atom stereocenters. The van der Waals surface area contributed by atoms with E-state index < -0.39 is 0 Å². The first-order valence-electron chi connectivity index (χ1n) is 13.5. The average molecular weight is 413 g/mol. The summed E-state index contributed by atoms with van der Waals surface area (Å²) in [5.74, 6) is 4.60. The van der Waals surface area contributed by atoms with Crippen LogP contribution >= 0.6 is 0 Å². The Morgan fingerprint density at radius 2 is 1.67 bits per heavy atom. The Morgan fingerprint density at radius 1 is 0.867 bits per heavy atom. The number of ether oxygens (including phenoxy) is 2. The van der Waals surface area contributed by atoms with Crippen molar-refractivity contribution in [3.63, 3.8) is 0 Å². The molecule has 0 amide bonds. The molecule has 1 saturated heterocycles. The molecule has 2 heteroatoms. The average Bonchev–Trinajstić information content (AvgIpc) is 3.35. The van der Waals surface area contributed by atoms with Crippen LogP contribution in [0.1, 0.15) is 104 Å². The van der Waals surface area contributed by atoms with E-state index in [9.17, 15) is 0 Å². The summed E-state index contributed by atoms with van der Waals surface area (Å²) < 4.78 is 12.3. The zero-order valence-corrected chi connectivity index (χ0v) is 19.6. The van der Waals surface area contributed by atoms with Crippen LogP contribution in [0.2, 0.25) is 0 Å². The molecular formula is C28H44O2. The van der Waals surface area contributed by atoms with Crippen LogP contribution in [0, 0.1) is 40.4 Å². The third kappa shape index (κ3) is 3.18. The van der Waals surface area contributed by atoms with Crippen molar-refractivity contribution in [2.45, 2.75) is 110 Å². The highest BCUT2D eigenvalue weighted by Crippen LogP contribution is 2.68. The molecule has 0 N–H and O–H groups in total. The minimum atomic E-state index is -0.200. The van der Waals surface area contributed by atoms with E-state index in [1.165, 1.54) is 83.5 Å². The zero-order chi connectivity index (χ0) is 20.4. The lowest BCUT2D eigenvalue weighted by Crippen LogP contribution is -2.56. The summed E-state index contributed by atoms with van der Waals surface area (Å²) in [6.07, 6.45) is 22.2. The molecule has 2 nitrogen and oxygen atoms in total. The molecule has 6 unspecified atom stereocenters. The van der Waals surface area contributed by atoms with Crippen molar-refractivity contribution >= 4 is 0 Å². The van der Waals surface area contributed by atoms with Crippen LogP contribution in [0.15, 0.2) is 11.6 Å². The number of allylic oxidation sites excluding steroid dienone is 2. The van der Waals surface area contributed by atoms with Gasteiger partial charge in [-0.25, -0.2) is 0 Å². The molecule has 0 aromatic carbocycles. The van der Waals surface area contributed by atoms with Crippen molar-refractivity contribution in [2.24, 2.45) is 40.4 Å². The van der Waals surface area contributed by atoms with Crippen LogP contribution in [-0.2, 0) is 9.47 Å². The van der Waals surface area contributed by atoms with E-state index in [4.69, 9.17) is 9.47 Å². The molecule has 6 aliphatic rings. The molecule has 0 aromatic heterocycles. The van der Waals surface area contributed by atoms with E-state index in [0.29, 0.717) is 10.8 Å². The summed E-state index contributed by atoms with van der Waals surface area (Å²) in [5, 5.41) is 0. The quantitative estimate of drug-likeness (QED) is 0.357. The van der Waals surface area contributed by atoms with Gasteiger partial charge < -0.3 is 9.47 Å². The molecule has 168 valence electrons. The number of fused-ring (bicyclic) bond motifs is 5. The van der Waals surface area contributed by atoms with Gasteiger partial charge in [0.15, 0.2) is 5.79 Å². The summed E-state index contributed by atoms with van der Waals surface area (Å²) in [7, 11) is 0. The van der Waals surface area contributed by atoms with Gasteiger partial charge >= 0.3 is 0 Å². The lowest BCUT2D eigenvalue weighted by Gasteiger charge is -2.62. The second-order valence-electron chi connectivity index (χ2n) is 12.6. The second kappa shape index (κ2) is 7.34. The molecule has 0 radical (unpaired) electrons. The van der Waals surface area contributed by atoms with Crippen LogP contribution < -0.4 is 0 Å². The predicted octanol–water partition coefficient (Wildman–Crippen LogP) is 7.28. The van der Waals surface area contributed by atoms with Crippen molar-refractivity contribution in [3.05, 3.63) is 11.6 Å². The van der Waals surface area contributed by atoms with Gasteiger partial charge in [0, 0.05) is 12.8 Å². The summed E-state index contributed by atoms with van der Waals surface area (Å²) >= 11 is 0. The van der Waals surface area contributed by atoms with Gasteiger partial charge in [-0.05, 0) is 117 Å². The van der Waals surface area contributed by atoms with Crippen LogP contribution in [0.5, 0.6) is 0 Å². The van der Waals surface area contributed by atoms with E-state index in [1.807, 2.05) is 0 Å². The van der Waals surface area contributed by atoms with Gasteiger partial charge in [0.05, 0.1) is 13.2 Å². The van der Waals surface area contributed by atoms with E-state index in [0.717, 1.165) is 49.2 Å². The minimum Gasteiger partial charge on any atom is -0.348 e. The van der Waals surface area contributed by atoms with E-state index in [1.54, 1.807) is 5.57 Å². The van der Waals surface area contributed by atoms with Crippen molar-refractivity contribution in [1.82, 2.24) is 0 Å². The van der Waals surface area contributed by atoms with Gasteiger partial charge in [-0.3, -0.25) is 0 Å². The predicted molar refractivity (Wildman–Crippen MR) is 121 cm³/mol. The Hall–Kier alpha value is -0.340. The first kappa shape index (κ1) is 20.3. The number of hydrogen-bond donors (Lipinski definition) is 0. The topological polar surface area (TPSA) is 18.5 Å². The standard InChI is InChI=1S/C28H44O2/c1-26-14-13-25-23(24(26)12-10-21(26)6-4-3-5-20-7-8-20)11-9-22-19-28(29-17-18-30-28)16-15-27(22,25)2/h5,21-25H,3-4,6-19H2,1-2H3/t21?,22-,23?,24?,25?,26?,27?/m0/s1. The summed E-state index contributed by atoms with van der Waals surface area (Å²) in [6.45, 7) is 7.02. The van der Waals surface area contributed by atoms with Crippen LogP contribution in [0.3, 0.4) is 0 Å². The largest absolute Gasteiger partial charge is 0.348 e. The Bertz CT molecular complexity index is 685. The van der Waals surface area contributed by atoms with Crippen molar-refractivity contribution < 1.29 is 9.47 Å². The summed E-state index contributed by atoms with van der Waals surface area (Å²) in [5.41, 5.74) is 2.92. The maximum Gasteiger partial charge on any atom is 0.168 e. The van der Waals surface area contributed by atoms with Gasteiger partial charge in [-0.15, -0.1) is 0 Å². The molecule has 6 rings (SSSR count). The van der Waals surface area contributed by atoms with Crippen LogP contribution in [0.25, 0.3) is 0 Å². The van der Waals surface area contributed by atoms with Crippen molar-refractivity contribution in [1.29, 1.82) is 0 Å². The van der Waals surface area contributed by atoms with Gasteiger partial charge in [-0.1, -0.05) is 25.5 Å². The first-order valence-corrected chi connectivity index (χ1v) is 13.5. The summed E-state index contributed by atoms with van der Waals surface area (Å²) in [4.78, 5) is 0. The highest BCUT2D eigenvalue weighted by atomic mass is 16.7. The Labute approximate surface area is 184 Å². The molecule has 1 aliphatic heterocycles. The Kier molecular flexibility index (Phi) is 4.96. The maximum atomic E-state index is 6.15. The second-order valence-corrected chi connectivity index (χ2v) is 12.6. The van der Waals surface area contributed by atoms with Gasteiger partial charge in [0.25, 0.3) is 0 Å². The van der Waals surface area contributed by atoms with Crippen molar-refractivity contribution in [3.8, 4) is 0 Å². The molecule has 1 spiro atoms. The molecule has 0 aromatic rings. The molecule has 6 fully saturated rings. The highest BCUT2D eigenvalue weighted by Gasteiger charge is 2.61. The van der Waals surface area contributed by atoms with Gasteiger partial charge in [0.2, 0.25) is 0 Å². The van der Waals surface area contributed by atoms with Gasteiger partial charge in [-0.2, -0.15) is 0 Å². The Balaban J connectivity index is 1.14. The molecule has 1 heterocycles. The third-order valence-electron chi connectivity index (χ3n) is 11.4. The third-order valence-corrected chi connectivity index (χ3v) is 11.4. The normalized spacial score (nSPS) is 48.9. The van der Waals surface area contributed by atoms with Crippen LogP contribution in [-0.4, -0.2) is 19.0 Å². The van der Waals surface area contributed by atoms with E-state index in [2.05, 4.69) is 19.9 Å². The molecular weight excluding hydrogens is 368 g/mol. The SMILES string of the molecule is CC12CCC3C(CC[C@H]4CC5(CCC34C)OCCO5)C1CCC2CCCC=C1CC1. The van der Waals surface area contributed by atoms with E-state index >= 15 is 0 Å². The Morgan fingerprint density at radius 3 is 2.47 bits per heavy atom. The minimum absolute atomic E-state index is 0.200. The number of hydrogen-bond acceptors (Lipinski definition) is 2. The highest BCUT2D eigenvalue weighted by molar-refractivity contribution is 5.16. The lowest BCUT2D eigenvalue weighted by molar-refractivity contribution is -0.229. The zero-order valence-electron chi connectivity index (χ0n) is 19.6. The fourth-order valence-corrected chi connectivity index (χ4v) is 9.49. The lowest BCUT2D eigenvalue weighted by atomic mass is 9.44. The fraction of sp³-hybridized carbons (Fsp3) is 0.929. The first-order chi connectivity index (χ1) is 14.5. The van der Waals surface area contributed by atoms with Crippen molar-refractivity contribution in [2.75, 3.05) is 13.2 Å². The summed E-state index contributed by atoms with van der Waals surface area (Å²) in [6, 6.07) is 0.